The molecule has 2 aromatic carbocycles. The van der Waals surface area contributed by atoms with Gasteiger partial charge >= 0.3 is 0 Å². The summed E-state index contributed by atoms with van der Waals surface area (Å²) in [7, 11) is 3.31. The van der Waals surface area contributed by atoms with Crippen LogP contribution in [0.1, 0.15) is 79.0 Å². The average Bonchev–Trinajstić information content (AvgIpc) is 3.50. The molecule has 3 aliphatic rings. The van der Waals surface area contributed by atoms with Crippen LogP contribution in [0.25, 0.3) is 0 Å². The van der Waals surface area contributed by atoms with E-state index in [0.29, 0.717) is 17.9 Å². The van der Waals surface area contributed by atoms with Crippen molar-refractivity contribution in [3.05, 3.63) is 83.2 Å². The molecule has 3 aromatic rings. The minimum atomic E-state index is -0.886. The highest BCUT2D eigenvalue weighted by Crippen LogP contribution is 2.64. The van der Waals surface area contributed by atoms with Crippen LogP contribution in [0.3, 0.4) is 0 Å². The lowest BCUT2D eigenvalue weighted by molar-refractivity contribution is -0.129. The number of hydrogen-bond acceptors (Lipinski definition) is 5. The van der Waals surface area contributed by atoms with Gasteiger partial charge in [0, 0.05) is 38.5 Å². The second-order valence-corrected chi connectivity index (χ2v) is 13.7. The summed E-state index contributed by atoms with van der Waals surface area (Å²) in [6.07, 6.45) is 7.98. The summed E-state index contributed by atoms with van der Waals surface area (Å²) in [4.78, 5) is 40.9. The van der Waals surface area contributed by atoms with Crippen LogP contribution in [0, 0.1) is 10.8 Å². The molecule has 2 unspecified atom stereocenters. The van der Waals surface area contributed by atoms with E-state index in [1.54, 1.807) is 26.4 Å². The maximum Gasteiger partial charge on any atom is 0.270 e. The topological polar surface area (TPSA) is 114 Å². The van der Waals surface area contributed by atoms with Gasteiger partial charge in [-0.3, -0.25) is 19.1 Å². The Kier molecular flexibility index (Phi) is 7.86. The molecule has 3 atom stereocenters. The maximum atomic E-state index is 14.1. The van der Waals surface area contributed by atoms with Crippen molar-refractivity contribution in [1.82, 2.24) is 20.4 Å². The smallest absolute Gasteiger partial charge is 0.270 e. The number of carbonyl (C=O) groups excluding carboxylic acids is 3. The second-order valence-electron chi connectivity index (χ2n) is 13.7. The Morgan fingerprint density at radius 2 is 1.80 bits per heavy atom. The quantitative estimate of drug-likeness (QED) is 0.302. The Labute approximate surface area is 259 Å². The number of fused-ring (bicyclic) bond motifs is 1. The number of amides is 3. The molecule has 0 radical (unpaired) electrons. The van der Waals surface area contributed by atoms with Gasteiger partial charge in [-0.05, 0) is 84.7 Å². The Balaban J connectivity index is 1.23. The van der Waals surface area contributed by atoms with Crippen molar-refractivity contribution in [2.24, 2.45) is 17.9 Å². The highest BCUT2D eigenvalue weighted by molar-refractivity contribution is 6.01. The molecule has 3 N–H and O–H groups in total. The number of methoxy groups -OCH3 is 1. The number of rotatable bonds is 11. The van der Waals surface area contributed by atoms with Crippen LogP contribution in [0.2, 0.25) is 0 Å². The molecule has 9 nitrogen and oxygen atoms in total. The zero-order chi connectivity index (χ0) is 31.1. The van der Waals surface area contributed by atoms with E-state index in [9.17, 15) is 14.4 Å². The number of nitrogens with one attached hydrogen (secondary N) is 3. The molecule has 2 saturated carbocycles. The minimum Gasteiger partial charge on any atom is -0.383 e. The molecule has 0 saturated heterocycles. The van der Waals surface area contributed by atoms with Crippen molar-refractivity contribution in [2.45, 2.75) is 69.7 Å². The first kappa shape index (κ1) is 30.1. The standard InChI is InChI=1S/C35H43N5O4/c1-33(15-7-16-33)21-36-32(43)34(2,22-44-4)24-10-12-25(13-11-24)38-31(42)29(39-30(41)27-14-19-37-40(27)3)28-26-9-6-5-8-23(26)20-35(28)17-18-35/h5-6,8-14,19,28-29H,7,15-18,20-22H2,1-4H3,(H,36,43)(H,38,42)(H,39,41)/t28?,29-,34?/m0/s1. The first-order valence-electron chi connectivity index (χ1n) is 15.6. The SMILES string of the molecule is COCC(C)(C(=O)NCC1(C)CCC1)c1ccc(NC(=O)[C@@H](NC(=O)c2ccnn2C)C2c3ccccc3CC23CC3)cc1. The fourth-order valence-corrected chi connectivity index (χ4v) is 7.27. The van der Waals surface area contributed by atoms with E-state index in [-0.39, 0.29) is 41.1 Å². The molecule has 6 rings (SSSR count). The molecule has 44 heavy (non-hydrogen) atoms. The van der Waals surface area contributed by atoms with Crippen LogP contribution >= 0.6 is 0 Å². The number of benzene rings is 2. The van der Waals surface area contributed by atoms with Crippen molar-refractivity contribution >= 4 is 23.4 Å². The van der Waals surface area contributed by atoms with Crippen LogP contribution in [0.4, 0.5) is 5.69 Å². The number of aryl methyl sites for hydroxylation is 1. The van der Waals surface area contributed by atoms with E-state index in [1.165, 1.54) is 16.7 Å². The van der Waals surface area contributed by atoms with E-state index >= 15 is 0 Å². The average molecular weight is 598 g/mol. The van der Waals surface area contributed by atoms with E-state index in [2.05, 4.69) is 40.1 Å². The molecule has 232 valence electrons. The molecule has 9 heteroatoms. The monoisotopic (exact) mass is 597 g/mol. The van der Waals surface area contributed by atoms with Gasteiger partial charge in [0.1, 0.15) is 11.7 Å². The molecule has 3 amide bonds. The van der Waals surface area contributed by atoms with Gasteiger partial charge in [-0.2, -0.15) is 5.10 Å². The van der Waals surface area contributed by atoms with Gasteiger partial charge in [0.05, 0.1) is 12.0 Å². The van der Waals surface area contributed by atoms with Crippen molar-refractivity contribution in [2.75, 3.05) is 25.6 Å². The van der Waals surface area contributed by atoms with E-state index < -0.39 is 11.5 Å². The van der Waals surface area contributed by atoms with Gasteiger partial charge in [-0.1, -0.05) is 49.7 Å². The van der Waals surface area contributed by atoms with E-state index in [4.69, 9.17) is 4.74 Å². The minimum absolute atomic E-state index is 0.0266. The summed E-state index contributed by atoms with van der Waals surface area (Å²) < 4.78 is 7.00. The van der Waals surface area contributed by atoms with Crippen LogP contribution in [-0.2, 0) is 33.2 Å². The maximum absolute atomic E-state index is 14.1. The van der Waals surface area contributed by atoms with E-state index in [0.717, 1.165) is 43.2 Å². The van der Waals surface area contributed by atoms with Gasteiger partial charge in [0.25, 0.3) is 5.91 Å². The van der Waals surface area contributed by atoms with Crippen molar-refractivity contribution < 1.29 is 19.1 Å². The van der Waals surface area contributed by atoms with Gasteiger partial charge < -0.3 is 20.7 Å². The number of hydrogen-bond donors (Lipinski definition) is 3. The molecule has 0 aliphatic heterocycles. The fourth-order valence-electron chi connectivity index (χ4n) is 7.27. The van der Waals surface area contributed by atoms with Crippen LogP contribution < -0.4 is 16.0 Å². The zero-order valence-corrected chi connectivity index (χ0v) is 26.1. The third kappa shape index (κ3) is 5.54. The Morgan fingerprint density at radius 3 is 2.41 bits per heavy atom. The number of anilines is 1. The van der Waals surface area contributed by atoms with Crippen molar-refractivity contribution in [1.29, 1.82) is 0 Å². The molecular formula is C35H43N5O4. The molecular weight excluding hydrogens is 554 g/mol. The zero-order valence-electron chi connectivity index (χ0n) is 26.1. The molecule has 0 bridgehead atoms. The molecule has 1 heterocycles. The summed E-state index contributed by atoms with van der Waals surface area (Å²) in [5.74, 6) is -0.816. The number of ether oxygens (including phenoxy) is 1. The largest absolute Gasteiger partial charge is 0.383 e. The van der Waals surface area contributed by atoms with Crippen molar-refractivity contribution in [3.63, 3.8) is 0 Å². The summed E-state index contributed by atoms with van der Waals surface area (Å²) in [5, 5.41) is 13.4. The molecule has 3 aliphatic carbocycles. The Morgan fingerprint density at radius 1 is 1.07 bits per heavy atom. The lowest BCUT2D eigenvalue weighted by Crippen LogP contribution is -2.49. The third-order valence-corrected chi connectivity index (χ3v) is 10.4. The van der Waals surface area contributed by atoms with Gasteiger partial charge in [-0.15, -0.1) is 0 Å². The van der Waals surface area contributed by atoms with Gasteiger partial charge in [-0.25, -0.2) is 0 Å². The Hall–Kier alpha value is -3.98. The van der Waals surface area contributed by atoms with Gasteiger partial charge in [0.15, 0.2) is 0 Å². The van der Waals surface area contributed by atoms with Crippen LogP contribution in [0.5, 0.6) is 0 Å². The summed E-state index contributed by atoms with van der Waals surface area (Å²) in [5.41, 5.74) is 3.42. The first-order chi connectivity index (χ1) is 21.1. The number of nitrogens with zero attached hydrogens (tertiary/aromatic N) is 2. The second kappa shape index (κ2) is 11.5. The summed E-state index contributed by atoms with van der Waals surface area (Å²) in [6, 6.07) is 16.5. The van der Waals surface area contributed by atoms with Crippen LogP contribution in [-0.4, -0.2) is 53.8 Å². The first-order valence-corrected chi connectivity index (χ1v) is 15.6. The summed E-state index contributed by atoms with van der Waals surface area (Å²) >= 11 is 0. The van der Waals surface area contributed by atoms with Crippen LogP contribution in [0.15, 0.2) is 60.8 Å². The highest BCUT2D eigenvalue weighted by atomic mass is 16.5. The fraction of sp³-hybridized carbons (Fsp3) is 0.486. The lowest BCUT2D eigenvalue weighted by atomic mass is 9.70. The number of carbonyl (C=O) groups is 3. The van der Waals surface area contributed by atoms with Crippen molar-refractivity contribution in [3.8, 4) is 0 Å². The molecule has 2 fully saturated rings. The molecule has 1 spiro atoms. The number of aromatic nitrogens is 2. The normalized spacial score (nSPS) is 21.0. The van der Waals surface area contributed by atoms with Gasteiger partial charge in [0.2, 0.25) is 11.8 Å². The van der Waals surface area contributed by atoms with E-state index in [1.807, 2.05) is 43.3 Å². The predicted molar refractivity (Wildman–Crippen MR) is 168 cm³/mol. The predicted octanol–water partition coefficient (Wildman–Crippen LogP) is 4.49. The molecule has 1 aromatic heterocycles. The summed E-state index contributed by atoms with van der Waals surface area (Å²) in [6.45, 7) is 4.98. The lowest BCUT2D eigenvalue weighted by Gasteiger charge is -2.39. The highest BCUT2D eigenvalue weighted by Gasteiger charge is 2.58. The Bertz CT molecular complexity index is 1560. The third-order valence-electron chi connectivity index (χ3n) is 10.4.